The highest BCUT2D eigenvalue weighted by atomic mass is 16.5. The first-order chi connectivity index (χ1) is 11.7. The molecule has 5 nitrogen and oxygen atoms in total. The second-order valence-corrected chi connectivity index (χ2v) is 5.03. The number of esters is 1. The molecule has 0 aliphatic carbocycles. The molecule has 0 aliphatic rings. The molecule has 0 radical (unpaired) electrons. The molecule has 0 atom stereocenters. The van der Waals surface area contributed by atoms with Crippen LogP contribution >= 0.6 is 0 Å². The van der Waals surface area contributed by atoms with Crippen molar-refractivity contribution < 1.29 is 14.3 Å². The van der Waals surface area contributed by atoms with Gasteiger partial charge in [0.15, 0.2) is 5.69 Å². The van der Waals surface area contributed by atoms with Gasteiger partial charge in [0.1, 0.15) is 12.1 Å². The van der Waals surface area contributed by atoms with Crippen LogP contribution in [-0.4, -0.2) is 30.2 Å². The average Bonchev–Trinajstić information content (AvgIpc) is 2.67. The Balaban J connectivity index is 2.24. The number of ether oxygens (including phenoxy) is 2. The van der Waals surface area contributed by atoms with Crippen LogP contribution < -0.4 is 4.74 Å². The molecule has 120 valence electrons. The van der Waals surface area contributed by atoms with Gasteiger partial charge in [-0.15, -0.1) is 0 Å². The van der Waals surface area contributed by atoms with E-state index in [-0.39, 0.29) is 5.69 Å². The molecule has 0 spiro atoms. The lowest BCUT2D eigenvalue weighted by molar-refractivity contribution is 0.0595. The maximum Gasteiger partial charge on any atom is 0.357 e. The van der Waals surface area contributed by atoms with Crippen LogP contribution in [-0.2, 0) is 4.74 Å². The number of hydrogen-bond acceptors (Lipinski definition) is 5. The van der Waals surface area contributed by atoms with Gasteiger partial charge in [0.05, 0.1) is 19.9 Å². The predicted molar refractivity (Wildman–Crippen MR) is 90.8 cm³/mol. The van der Waals surface area contributed by atoms with Crippen molar-refractivity contribution in [3.8, 4) is 28.1 Å². The molecule has 1 heterocycles. The van der Waals surface area contributed by atoms with Crippen LogP contribution in [0.1, 0.15) is 10.5 Å². The predicted octanol–water partition coefficient (Wildman–Crippen LogP) is 3.61. The number of aromatic nitrogens is 2. The zero-order valence-corrected chi connectivity index (χ0v) is 13.4. The summed E-state index contributed by atoms with van der Waals surface area (Å²) in [5, 5.41) is 0. The first-order valence-electron chi connectivity index (χ1n) is 7.37. The Hall–Kier alpha value is -3.21. The normalized spacial score (nSPS) is 10.2. The highest BCUT2D eigenvalue weighted by Crippen LogP contribution is 2.33. The van der Waals surface area contributed by atoms with E-state index < -0.39 is 5.97 Å². The fourth-order valence-corrected chi connectivity index (χ4v) is 2.48. The number of carbonyl (C=O) groups excluding carboxylic acids is 1. The molecule has 0 fully saturated rings. The van der Waals surface area contributed by atoms with E-state index >= 15 is 0 Å². The van der Waals surface area contributed by atoms with Crippen molar-refractivity contribution >= 4 is 5.97 Å². The number of benzene rings is 2. The van der Waals surface area contributed by atoms with Crippen molar-refractivity contribution in [2.45, 2.75) is 0 Å². The van der Waals surface area contributed by atoms with Gasteiger partial charge in [-0.1, -0.05) is 42.5 Å². The van der Waals surface area contributed by atoms with Gasteiger partial charge in [-0.05, 0) is 17.7 Å². The summed E-state index contributed by atoms with van der Waals surface area (Å²) in [5.74, 6) is 0.233. The van der Waals surface area contributed by atoms with E-state index in [2.05, 4.69) is 9.97 Å². The van der Waals surface area contributed by atoms with E-state index in [0.717, 1.165) is 16.9 Å². The van der Waals surface area contributed by atoms with E-state index in [1.54, 1.807) is 7.11 Å². The highest BCUT2D eigenvalue weighted by molar-refractivity contribution is 5.99. The van der Waals surface area contributed by atoms with Crippen LogP contribution in [0.4, 0.5) is 0 Å². The minimum absolute atomic E-state index is 0.233. The van der Waals surface area contributed by atoms with Crippen molar-refractivity contribution in [2.75, 3.05) is 14.2 Å². The Bertz CT molecular complexity index is 846. The van der Waals surface area contributed by atoms with Gasteiger partial charge in [0.25, 0.3) is 0 Å². The lowest BCUT2D eigenvalue weighted by Crippen LogP contribution is -2.08. The van der Waals surface area contributed by atoms with Crippen LogP contribution in [0.15, 0.2) is 60.9 Å². The van der Waals surface area contributed by atoms with Crippen LogP contribution in [0.3, 0.4) is 0 Å². The maximum absolute atomic E-state index is 12.2. The van der Waals surface area contributed by atoms with Gasteiger partial charge in [0, 0.05) is 11.1 Å². The molecule has 0 saturated heterocycles. The summed E-state index contributed by atoms with van der Waals surface area (Å²) in [5.41, 5.74) is 3.26. The standard InChI is InChI=1S/C19H16N2O3/c1-23-15-10-8-13(9-11-15)16-17(14-6-4-3-5-7-14)20-12-21-18(16)19(22)24-2/h3-12H,1-2H3. The Kier molecular flexibility index (Phi) is 4.52. The second kappa shape index (κ2) is 6.91. The topological polar surface area (TPSA) is 61.3 Å². The number of carbonyl (C=O) groups is 1. The quantitative estimate of drug-likeness (QED) is 0.687. The molecule has 3 aromatic rings. The van der Waals surface area contributed by atoms with Crippen LogP contribution in [0.2, 0.25) is 0 Å². The molecule has 0 saturated carbocycles. The molecule has 0 N–H and O–H groups in total. The van der Waals surface area contributed by atoms with Crippen molar-refractivity contribution in [2.24, 2.45) is 0 Å². The molecule has 0 unspecified atom stereocenters. The number of methoxy groups -OCH3 is 2. The first-order valence-corrected chi connectivity index (χ1v) is 7.37. The van der Waals surface area contributed by atoms with Gasteiger partial charge < -0.3 is 9.47 Å². The molecule has 3 rings (SSSR count). The first kappa shape index (κ1) is 15.7. The third-order valence-corrected chi connectivity index (χ3v) is 3.65. The van der Waals surface area contributed by atoms with E-state index in [1.807, 2.05) is 54.6 Å². The zero-order chi connectivity index (χ0) is 16.9. The lowest BCUT2D eigenvalue weighted by atomic mass is 9.97. The third-order valence-electron chi connectivity index (χ3n) is 3.65. The molecule has 0 bridgehead atoms. The molecule has 0 aliphatic heterocycles. The Morgan fingerprint density at radius 2 is 1.58 bits per heavy atom. The second-order valence-electron chi connectivity index (χ2n) is 5.03. The third kappa shape index (κ3) is 2.96. The molecule has 5 heteroatoms. The number of nitrogens with zero attached hydrogens (tertiary/aromatic N) is 2. The van der Waals surface area contributed by atoms with E-state index in [0.29, 0.717) is 11.3 Å². The summed E-state index contributed by atoms with van der Waals surface area (Å²) in [4.78, 5) is 20.7. The number of rotatable bonds is 4. The van der Waals surface area contributed by atoms with Gasteiger partial charge >= 0.3 is 5.97 Å². The Labute approximate surface area is 139 Å². The SMILES string of the molecule is COC(=O)c1ncnc(-c2ccccc2)c1-c1ccc(OC)cc1. The van der Waals surface area contributed by atoms with Gasteiger partial charge in [-0.3, -0.25) is 0 Å². The van der Waals surface area contributed by atoms with Crippen LogP contribution in [0, 0.1) is 0 Å². The molecular weight excluding hydrogens is 304 g/mol. The minimum Gasteiger partial charge on any atom is -0.497 e. The van der Waals surface area contributed by atoms with Gasteiger partial charge in [-0.2, -0.15) is 0 Å². The zero-order valence-electron chi connectivity index (χ0n) is 13.4. The molecule has 2 aromatic carbocycles. The van der Waals surface area contributed by atoms with Gasteiger partial charge in [-0.25, -0.2) is 14.8 Å². The van der Waals surface area contributed by atoms with Crippen LogP contribution in [0.25, 0.3) is 22.4 Å². The molecule has 1 aromatic heterocycles. The number of hydrogen-bond donors (Lipinski definition) is 0. The summed E-state index contributed by atoms with van der Waals surface area (Å²) in [6.07, 6.45) is 1.38. The summed E-state index contributed by atoms with van der Waals surface area (Å²) in [7, 11) is 2.94. The monoisotopic (exact) mass is 320 g/mol. The summed E-state index contributed by atoms with van der Waals surface area (Å²) in [6.45, 7) is 0. The van der Waals surface area contributed by atoms with Crippen molar-refractivity contribution in [3.63, 3.8) is 0 Å². The average molecular weight is 320 g/mol. The van der Waals surface area contributed by atoms with E-state index in [1.165, 1.54) is 13.4 Å². The summed E-state index contributed by atoms with van der Waals surface area (Å²) >= 11 is 0. The van der Waals surface area contributed by atoms with Crippen LogP contribution in [0.5, 0.6) is 5.75 Å². The van der Waals surface area contributed by atoms with Crippen molar-refractivity contribution in [1.82, 2.24) is 9.97 Å². The summed E-state index contributed by atoms with van der Waals surface area (Å²) in [6, 6.07) is 17.1. The fourth-order valence-electron chi connectivity index (χ4n) is 2.48. The molecule has 0 amide bonds. The minimum atomic E-state index is -0.500. The summed E-state index contributed by atoms with van der Waals surface area (Å²) < 4.78 is 10.1. The Morgan fingerprint density at radius 1 is 0.875 bits per heavy atom. The Morgan fingerprint density at radius 3 is 2.21 bits per heavy atom. The van der Waals surface area contributed by atoms with Crippen molar-refractivity contribution in [3.05, 3.63) is 66.6 Å². The molecule has 24 heavy (non-hydrogen) atoms. The smallest absolute Gasteiger partial charge is 0.357 e. The van der Waals surface area contributed by atoms with E-state index in [9.17, 15) is 4.79 Å². The largest absolute Gasteiger partial charge is 0.497 e. The lowest BCUT2D eigenvalue weighted by Gasteiger charge is -2.13. The highest BCUT2D eigenvalue weighted by Gasteiger charge is 2.20. The van der Waals surface area contributed by atoms with E-state index in [4.69, 9.17) is 9.47 Å². The molecular formula is C19H16N2O3. The fraction of sp³-hybridized carbons (Fsp3) is 0.105. The van der Waals surface area contributed by atoms with Crippen molar-refractivity contribution in [1.29, 1.82) is 0 Å². The maximum atomic E-state index is 12.2. The van der Waals surface area contributed by atoms with Gasteiger partial charge in [0.2, 0.25) is 0 Å².